The number of hydrogen-bond acceptors (Lipinski definition) is 4. The van der Waals surface area contributed by atoms with Gasteiger partial charge in [0.25, 0.3) is 0 Å². The van der Waals surface area contributed by atoms with Gasteiger partial charge in [-0.15, -0.1) is 0 Å². The van der Waals surface area contributed by atoms with Gasteiger partial charge in [-0.25, -0.2) is 4.39 Å². The van der Waals surface area contributed by atoms with Crippen LogP contribution >= 0.6 is 0 Å². The van der Waals surface area contributed by atoms with Crippen LogP contribution in [0, 0.1) is 5.82 Å². The molecule has 5 heteroatoms. The molecule has 1 aromatic rings. The minimum absolute atomic E-state index is 0.0883. The van der Waals surface area contributed by atoms with Crippen molar-refractivity contribution in [3.8, 4) is 0 Å². The Hall–Kier alpha value is -1.33. The summed E-state index contributed by atoms with van der Waals surface area (Å²) >= 11 is 0. The Morgan fingerprint density at radius 1 is 1.42 bits per heavy atom. The second-order valence-electron chi connectivity index (χ2n) is 4.74. The Kier molecular flexibility index (Phi) is 6.59. The van der Waals surface area contributed by atoms with E-state index in [0.29, 0.717) is 31.1 Å². The van der Waals surface area contributed by atoms with Crippen molar-refractivity contribution in [2.75, 3.05) is 19.7 Å². The van der Waals surface area contributed by atoms with Crippen molar-refractivity contribution >= 4 is 5.78 Å². The van der Waals surface area contributed by atoms with Gasteiger partial charge in [-0.2, -0.15) is 0 Å². The molecule has 0 bridgehead atoms. The molecule has 0 aliphatic rings. The van der Waals surface area contributed by atoms with Crippen molar-refractivity contribution in [1.82, 2.24) is 9.88 Å². The largest absolute Gasteiger partial charge is 0.396 e. The monoisotopic (exact) mass is 268 g/mol. The third-order valence-corrected chi connectivity index (χ3v) is 2.97. The molecule has 0 saturated carbocycles. The topological polar surface area (TPSA) is 53.4 Å². The van der Waals surface area contributed by atoms with Crippen LogP contribution < -0.4 is 0 Å². The maximum atomic E-state index is 12.7. The lowest BCUT2D eigenvalue weighted by Crippen LogP contribution is -2.34. The molecule has 106 valence electrons. The van der Waals surface area contributed by atoms with Gasteiger partial charge in [-0.3, -0.25) is 9.78 Å². The predicted molar refractivity (Wildman–Crippen MR) is 71.6 cm³/mol. The van der Waals surface area contributed by atoms with Crippen molar-refractivity contribution in [2.24, 2.45) is 0 Å². The van der Waals surface area contributed by atoms with Crippen molar-refractivity contribution in [3.63, 3.8) is 0 Å². The first-order chi connectivity index (χ1) is 9.04. The summed E-state index contributed by atoms with van der Waals surface area (Å²) in [5.74, 6) is -0.530. The zero-order chi connectivity index (χ0) is 14.3. The molecular weight excluding hydrogens is 247 g/mol. The number of Topliss-reactive ketones (excluding diaryl/α,β-unsaturated/α-hetero) is 1. The Labute approximate surface area is 113 Å². The van der Waals surface area contributed by atoms with Crippen LogP contribution in [0.2, 0.25) is 0 Å². The smallest absolute Gasteiger partial charge is 0.182 e. The molecule has 1 aromatic heterocycles. The number of carbonyl (C=O) groups excluding carboxylic acids is 1. The Morgan fingerprint density at radius 3 is 2.68 bits per heavy atom. The fourth-order valence-corrected chi connectivity index (χ4v) is 1.82. The third kappa shape index (κ3) is 5.44. The molecule has 0 amide bonds. The molecule has 0 fully saturated rings. The highest BCUT2D eigenvalue weighted by atomic mass is 19.1. The lowest BCUT2D eigenvalue weighted by atomic mass is 10.1. The van der Waals surface area contributed by atoms with Crippen molar-refractivity contribution in [2.45, 2.75) is 32.7 Å². The lowest BCUT2D eigenvalue weighted by Gasteiger charge is -2.25. The zero-order valence-corrected chi connectivity index (χ0v) is 11.5. The summed E-state index contributed by atoms with van der Waals surface area (Å²) in [6.45, 7) is 5.64. The highest BCUT2D eigenvalue weighted by molar-refractivity contribution is 5.94. The number of rotatable bonds is 8. The standard InChI is InChI=1S/C14H21FN2O2/c1-11(2)17(7-3-9-18)8-6-14(19)13-5-4-12(15)10-16-13/h4-5,10-11,18H,3,6-9H2,1-2H3. The fourth-order valence-electron chi connectivity index (χ4n) is 1.82. The average molecular weight is 268 g/mol. The molecule has 0 atom stereocenters. The lowest BCUT2D eigenvalue weighted by molar-refractivity contribution is 0.0948. The van der Waals surface area contributed by atoms with E-state index in [-0.39, 0.29) is 12.4 Å². The highest BCUT2D eigenvalue weighted by Crippen LogP contribution is 2.06. The molecule has 0 saturated heterocycles. The van der Waals surface area contributed by atoms with E-state index in [2.05, 4.69) is 23.7 Å². The average Bonchev–Trinajstić information content (AvgIpc) is 2.39. The second-order valence-corrected chi connectivity index (χ2v) is 4.74. The maximum absolute atomic E-state index is 12.7. The summed E-state index contributed by atoms with van der Waals surface area (Å²) in [5.41, 5.74) is 0.298. The number of hydrogen-bond donors (Lipinski definition) is 1. The molecule has 1 N–H and O–H groups in total. The Morgan fingerprint density at radius 2 is 2.16 bits per heavy atom. The summed E-state index contributed by atoms with van der Waals surface area (Å²) in [4.78, 5) is 17.8. The third-order valence-electron chi connectivity index (χ3n) is 2.97. The first-order valence-electron chi connectivity index (χ1n) is 6.54. The molecule has 0 aliphatic carbocycles. The first-order valence-corrected chi connectivity index (χ1v) is 6.54. The summed E-state index contributed by atoms with van der Waals surface area (Å²) in [7, 11) is 0. The van der Waals surface area contributed by atoms with Crippen molar-refractivity contribution in [3.05, 3.63) is 29.8 Å². The number of pyridine rings is 1. The number of aliphatic hydroxyl groups is 1. The van der Waals surface area contributed by atoms with E-state index >= 15 is 0 Å². The van der Waals surface area contributed by atoms with E-state index in [1.807, 2.05) is 0 Å². The molecule has 0 aromatic carbocycles. The predicted octanol–water partition coefficient (Wildman–Crippen LogP) is 1.89. The van der Waals surface area contributed by atoms with Crippen molar-refractivity contribution in [1.29, 1.82) is 0 Å². The molecule has 0 unspecified atom stereocenters. The van der Waals surface area contributed by atoms with Crippen LogP contribution in [0.25, 0.3) is 0 Å². The Balaban J connectivity index is 2.49. The van der Waals surface area contributed by atoms with Gasteiger partial charge in [0.2, 0.25) is 0 Å². The van der Waals surface area contributed by atoms with Gasteiger partial charge in [-0.1, -0.05) is 0 Å². The van der Waals surface area contributed by atoms with Crippen LogP contribution in [0.4, 0.5) is 4.39 Å². The molecule has 0 spiro atoms. The molecule has 1 rings (SSSR count). The van der Waals surface area contributed by atoms with Crippen molar-refractivity contribution < 1.29 is 14.3 Å². The highest BCUT2D eigenvalue weighted by Gasteiger charge is 2.13. The van der Waals surface area contributed by atoms with Crippen LogP contribution in [-0.4, -0.2) is 46.5 Å². The van der Waals surface area contributed by atoms with Gasteiger partial charge < -0.3 is 10.0 Å². The molecular formula is C14H21FN2O2. The number of aliphatic hydroxyl groups excluding tert-OH is 1. The minimum Gasteiger partial charge on any atom is -0.396 e. The van der Waals surface area contributed by atoms with Gasteiger partial charge in [0.15, 0.2) is 5.78 Å². The summed E-state index contributed by atoms with van der Waals surface area (Å²) in [6.07, 6.45) is 2.10. The van der Waals surface area contributed by atoms with Crippen LogP contribution in [0.5, 0.6) is 0 Å². The number of aromatic nitrogens is 1. The van der Waals surface area contributed by atoms with Crippen LogP contribution in [0.1, 0.15) is 37.2 Å². The van der Waals surface area contributed by atoms with Gasteiger partial charge in [0.05, 0.1) is 6.20 Å². The normalized spacial score (nSPS) is 11.3. The molecule has 1 heterocycles. The number of halogens is 1. The minimum atomic E-state index is -0.441. The number of carbonyl (C=O) groups is 1. The molecule has 19 heavy (non-hydrogen) atoms. The number of ketones is 1. The van der Waals surface area contributed by atoms with E-state index in [9.17, 15) is 9.18 Å². The summed E-state index contributed by atoms with van der Waals surface area (Å²) in [6, 6.07) is 2.97. The molecule has 4 nitrogen and oxygen atoms in total. The summed E-state index contributed by atoms with van der Waals surface area (Å²) < 4.78 is 12.7. The van der Waals surface area contributed by atoms with E-state index in [1.165, 1.54) is 12.1 Å². The van der Waals surface area contributed by atoms with Gasteiger partial charge in [-0.05, 0) is 32.4 Å². The number of nitrogens with zero attached hydrogens (tertiary/aromatic N) is 2. The zero-order valence-electron chi connectivity index (χ0n) is 11.5. The molecule has 0 radical (unpaired) electrons. The van der Waals surface area contributed by atoms with Crippen LogP contribution in [0.15, 0.2) is 18.3 Å². The fraction of sp³-hybridized carbons (Fsp3) is 0.571. The van der Waals surface area contributed by atoms with E-state index in [4.69, 9.17) is 5.11 Å². The van der Waals surface area contributed by atoms with E-state index < -0.39 is 5.82 Å². The quantitative estimate of drug-likeness (QED) is 0.731. The molecule has 0 aliphatic heterocycles. The maximum Gasteiger partial charge on any atom is 0.182 e. The second kappa shape index (κ2) is 7.96. The van der Waals surface area contributed by atoms with E-state index in [0.717, 1.165) is 12.7 Å². The van der Waals surface area contributed by atoms with Gasteiger partial charge in [0.1, 0.15) is 11.5 Å². The van der Waals surface area contributed by atoms with E-state index in [1.54, 1.807) is 0 Å². The summed E-state index contributed by atoms with van der Waals surface area (Å²) in [5, 5.41) is 8.84. The van der Waals surface area contributed by atoms with Gasteiger partial charge >= 0.3 is 0 Å². The first kappa shape index (κ1) is 15.7. The SMILES string of the molecule is CC(C)N(CCCO)CCC(=O)c1ccc(F)cn1. The Bertz CT molecular complexity index is 393. The van der Waals surface area contributed by atoms with Crippen LogP contribution in [-0.2, 0) is 0 Å². The van der Waals surface area contributed by atoms with Gasteiger partial charge in [0, 0.05) is 32.2 Å². The van der Waals surface area contributed by atoms with Crippen LogP contribution in [0.3, 0.4) is 0 Å².